The molecule has 0 fully saturated rings. The van der Waals surface area contributed by atoms with E-state index < -0.39 is 18.3 Å². The maximum atomic E-state index is 13.0. The third-order valence-electron chi connectivity index (χ3n) is 3.95. The Morgan fingerprint density at radius 1 is 1.14 bits per heavy atom. The standard InChI is InChI=1S/C16H24F3NO/c1-4-12(5-2)10-20(6-3)14-8-7-13(11-21)15(9-14)16(17,18)19/h7-9,12,21H,4-6,10-11H2,1-3H3. The largest absolute Gasteiger partial charge is 0.416 e. The quantitative estimate of drug-likeness (QED) is 0.804. The maximum absolute atomic E-state index is 13.0. The molecule has 1 aromatic rings. The molecule has 0 heterocycles. The molecular weight excluding hydrogens is 279 g/mol. The average molecular weight is 303 g/mol. The molecule has 0 saturated carbocycles. The van der Waals surface area contributed by atoms with E-state index >= 15 is 0 Å². The fourth-order valence-corrected chi connectivity index (χ4v) is 2.44. The molecule has 0 unspecified atom stereocenters. The van der Waals surface area contributed by atoms with Crippen molar-refractivity contribution >= 4 is 5.69 Å². The highest BCUT2D eigenvalue weighted by atomic mass is 19.4. The number of alkyl halides is 3. The SMILES string of the molecule is CCC(CC)CN(CC)c1ccc(CO)c(C(F)(F)F)c1. The first-order valence-electron chi connectivity index (χ1n) is 7.43. The number of aliphatic hydroxyl groups excluding tert-OH is 1. The van der Waals surface area contributed by atoms with E-state index in [4.69, 9.17) is 5.11 Å². The maximum Gasteiger partial charge on any atom is 0.416 e. The third-order valence-corrected chi connectivity index (χ3v) is 3.95. The van der Waals surface area contributed by atoms with Crippen molar-refractivity contribution in [3.63, 3.8) is 0 Å². The molecule has 0 aliphatic heterocycles. The van der Waals surface area contributed by atoms with Gasteiger partial charge in [0.1, 0.15) is 0 Å². The van der Waals surface area contributed by atoms with E-state index in [1.54, 1.807) is 6.07 Å². The number of benzene rings is 1. The van der Waals surface area contributed by atoms with Gasteiger partial charge in [0.05, 0.1) is 12.2 Å². The third kappa shape index (κ3) is 4.63. The molecule has 0 aromatic heterocycles. The van der Waals surface area contributed by atoms with Gasteiger partial charge in [0.25, 0.3) is 0 Å². The Balaban J connectivity index is 3.11. The lowest BCUT2D eigenvalue weighted by molar-refractivity contribution is -0.138. The van der Waals surface area contributed by atoms with Gasteiger partial charge in [-0.25, -0.2) is 0 Å². The van der Waals surface area contributed by atoms with Gasteiger partial charge in [-0.15, -0.1) is 0 Å². The summed E-state index contributed by atoms with van der Waals surface area (Å²) >= 11 is 0. The van der Waals surface area contributed by atoms with Crippen LogP contribution in [-0.2, 0) is 12.8 Å². The summed E-state index contributed by atoms with van der Waals surface area (Å²) in [5.74, 6) is 0.469. The van der Waals surface area contributed by atoms with Crippen LogP contribution in [0.1, 0.15) is 44.7 Å². The Labute approximate surface area is 124 Å². The van der Waals surface area contributed by atoms with Gasteiger partial charge in [0.2, 0.25) is 0 Å². The summed E-state index contributed by atoms with van der Waals surface area (Å²) in [7, 11) is 0. The number of aliphatic hydroxyl groups is 1. The minimum absolute atomic E-state index is 0.0789. The summed E-state index contributed by atoms with van der Waals surface area (Å²) < 4.78 is 39.1. The Kier molecular flexibility index (Phi) is 6.52. The number of halogens is 3. The second kappa shape index (κ2) is 7.69. The van der Waals surface area contributed by atoms with E-state index in [0.29, 0.717) is 18.2 Å². The average Bonchev–Trinajstić information content (AvgIpc) is 2.47. The van der Waals surface area contributed by atoms with Crippen molar-refractivity contribution in [1.29, 1.82) is 0 Å². The number of hydrogen-bond acceptors (Lipinski definition) is 2. The fraction of sp³-hybridized carbons (Fsp3) is 0.625. The summed E-state index contributed by atoms with van der Waals surface area (Å²) in [4.78, 5) is 1.97. The number of hydrogen-bond donors (Lipinski definition) is 1. The number of anilines is 1. The van der Waals surface area contributed by atoms with Crippen LogP contribution in [0.3, 0.4) is 0 Å². The molecule has 2 nitrogen and oxygen atoms in total. The molecule has 0 radical (unpaired) electrons. The molecule has 0 saturated heterocycles. The lowest BCUT2D eigenvalue weighted by atomic mass is 10.0. The van der Waals surface area contributed by atoms with E-state index in [-0.39, 0.29) is 5.56 Å². The van der Waals surface area contributed by atoms with Crippen LogP contribution in [0, 0.1) is 5.92 Å². The predicted molar refractivity (Wildman–Crippen MR) is 79.3 cm³/mol. The molecule has 0 atom stereocenters. The van der Waals surface area contributed by atoms with E-state index in [9.17, 15) is 13.2 Å². The zero-order valence-corrected chi connectivity index (χ0v) is 12.9. The zero-order valence-electron chi connectivity index (χ0n) is 12.9. The lowest BCUT2D eigenvalue weighted by Gasteiger charge is -2.28. The first kappa shape index (κ1) is 17.8. The normalized spacial score (nSPS) is 12.0. The topological polar surface area (TPSA) is 23.5 Å². The first-order valence-corrected chi connectivity index (χ1v) is 7.43. The van der Waals surface area contributed by atoms with Crippen molar-refractivity contribution in [2.24, 2.45) is 5.92 Å². The zero-order chi connectivity index (χ0) is 16.0. The minimum Gasteiger partial charge on any atom is -0.392 e. The molecule has 5 heteroatoms. The second-order valence-electron chi connectivity index (χ2n) is 5.22. The highest BCUT2D eigenvalue weighted by molar-refractivity contribution is 5.52. The molecule has 1 rings (SSSR count). The summed E-state index contributed by atoms with van der Waals surface area (Å²) in [6, 6.07) is 4.18. The monoisotopic (exact) mass is 303 g/mol. The van der Waals surface area contributed by atoms with E-state index in [2.05, 4.69) is 13.8 Å². The van der Waals surface area contributed by atoms with Crippen LogP contribution in [0.4, 0.5) is 18.9 Å². The predicted octanol–water partition coefficient (Wildman–Crippen LogP) is 4.46. The molecule has 0 amide bonds. The lowest BCUT2D eigenvalue weighted by Crippen LogP contribution is -2.29. The molecule has 21 heavy (non-hydrogen) atoms. The van der Waals surface area contributed by atoms with Crippen molar-refractivity contribution in [2.45, 2.75) is 46.4 Å². The first-order chi connectivity index (χ1) is 9.87. The van der Waals surface area contributed by atoms with Crippen molar-refractivity contribution in [1.82, 2.24) is 0 Å². The van der Waals surface area contributed by atoms with Crippen LogP contribution in [0.15, 0.2) is 18.2 Å². The van der Waals surface area contributed by atoms with Gasteiger partial charge in [0.15, 0.2) is 0 Å². The van der Waals surface area contributed by atoms with Gasteiger partial charge in [0, 0.05) is 18.8 Å². The summed E-state index contributed by atoms with van der Waals surface area (Å²) in [5, 5.41) is 9.08. The van der Waals surface area contributed by atoms with E-state index in [0.717, 1.165) is 25.5 Å². The Morgan fingerprint density at radius 3 is 2.19 bits per heavy atom. The summed E-state index contributed by atoms with van der Waals surface area (Å²) in [5.41, 5.74) is -0.260. The molecule has 0 aliphatic carbocycles. The van der Waals surface area contributed by atoms with Gasteiger partial charge < -0.3 is 10.0 Å². The summed E-state index contributed by atoms with van der Waals surface area (Å²) in [6.07, 6.45) is -2.43. The summed E-state index contributed by atoms with van der Waals surface area (Å²) in [6.45, 7) is 6.94. The molecule has 0 spiro atoms. The van der Waals surface area contributed by atoms with Crippen molar-refractivity contribution in [2.75, 3.05) is 18.0 Å². The minimum atomic E-state index is -4.44. The van der Waals surface area contributed by atoms with Crippen LogP contribution in [0.5, 0.6) is 0 Å². The van der Waals surface area contributed by atoms with Gasteiger partial charge in [-0.2, -0.15) is 13.2 Å². The molecular formula is C16H24F3NO. The van der Waals surface area contributed by atoms with E-state index in [1.807, 2.05) is 11.8 Å². The van der Waals surface area contributed by atoms with Crippen LogP contribution in [0.2, 0.25) is 0 Å². The van der Waals surface area contributed by atoms with Crippen LogP contribution < -0.4 is 4.90 Å². The van der Waals surface area contributed by atoms with Gasteiger partial charge >= 0.3 is 6.18 Å². The van der Waals surface area contributed by atoms with Crippen molar-refractivity contribution in [3.8, 4) is 0 Å². The van der Waals surface area contributed by atoms with Crippen molar-refractivity contribution < 1.29 is 18.3 Å². The molecule has 1 aromatic carbocycles. The Hall–Kier alpha value is -1.23. The second-order valence-corrected chi connectivity index (χ2v) is 5.22. The highest BCUT2D eigenvalue weighted by Crippen LogP contribution is 2.35. The fourth-order valence-electron chi connectivity index (χ4n) is 2.44. The van der Waals surface area contributed by atoms with E-state index in [1.165, 1.54) is 6.07 Å². The molecule has 0 aliphatic rings. The van der Waals surface area contributed by atoms with Crippen LogP contribution in [-0.4, -0.2) is 18.2 Å². The number of rotatable bonds is 7. The van der Waals surface area contributed by atoms with Gasteiger partial charge in [-0.05, 0) is 30.5 Å². The number of nitrogens with zero attached hydrogens (tertiary/aromatic N) is 1. The molecule has 0 bridgehead atoms. The van der Waals surface area contributed by atoms with Crippen LogP contribution in [0.25, 0.3) is 0 Å². The highest BCUT2D eigenvalue weighted by Gasteiger charge is 2.33. The Bertz CT molecular complexity index is 442. The molecule has 1 N–H and O–H groups in total. The van der Waals surface area contributed by atoms with Crippen molar-refractivity contribution in [3.05, 3.63) is 29.3 Å². The van der Waals surface area contributed by atoms with Gasteiger partial charge in [-0.1, -0.05) is 32.8 Å². The van der Waals surface area contributed by atoms with Crippen LogP contribution >= 0.6 is 0 Å². The molecule has 120 valence electrons. The Morgan fingerprint density at radius 2 is 1.76 bits per heavy atom. The van der Waals surface area contributed by atoms with Gasteiger partial charge in [-0.3, -0.25) is 0 Å². The smallest absolute Gasteiger partial charge is 0.392 e.